The second-order valence-corrected chi connectivity index (χ2v) is 7.00. The molecule has 1 aromatic carbocycles. The van der Waals surface area contributed by atoms with Crippen LogP contribution in [0.25, 0.3) is 11.0 Å². The van der Waals surface area contributed by atoms with Crippen LogP contribution in [0.1, 0.15) is 24.8 Å². The third-order valence-electron chi connectivity index (χ3n) is 5.22. The molecule has 0 radical (unpaired) electrons. The average molecular weight is 359 g/mol. The van der Waals surface area contributed by atoms with Crippen LogP contribution < -0.4 is 5.32 Å². The fourth-order valence-electron chi connectivity index (χ4n) is 3.76. The quantitative estimate of drug-likeness (QED) is 0.893. The van der Waals surface area contributed by atoms with Gasteiger partial charge in [-0.1, -0.05) is 6.07 Å². The summed E-state index contributed by atoms with van der Waals surface area (Å²) >= 11 is 0. The molecule has 2 aliphatic heterocycles. The minimum Gasteiger partial charge on any atom is -0.379 e. The minimum absolute atomic E-state index is 0.0151. The summed E-state index contributed by atoms with van der Waals surface area (Å²) in [6, 6.07) is 5.99. The molecule has 2 saturated heterocycles. The van der Waals surface area contributed by atoms with Gasteiger partial charge in [-0.2, -0.15) is 0 Å². The standard InChI is InChI=1S/C18H25N5O3/c24-18(19-12-14-4-5-16-17(11-14)21-26-20-16)23-6-2-1-3-15(23)13-22-7-9-25-10-8-22/h4-5,11,15H,1-3,6-10,12-13H2,(H,19,24)/t15-/m1/s1. The molecule has 4 rings (SSSR count). The summed E-state index contributed by atoms with van der Waals surface area (Å²) in [6.45, 7) is 5.73. The number of piperidine rings is 1. The number of carbonyl (C=O) groups excluding carboxylic acids is 1. The number of benzene rings is 1. The Morgan fingerprint density at radius 2 is 2.00 bits per heavy atom. The summed E-state index contributed by atoms with van der Waals surface area (Å²) in [7, 11) is 0. The number of aromatic nitrogens is 2. The van der Waals surface area contributed by atoms with Crippen LogP contribution in [0.2, 0.25) is 0 Å². The minimum atomic E-state index is 0.0151. The molecular formula is C18H25N5O3. The molecular weight excluding hydrogens is 334 g/mol. The molecule has 2 amide bonds. The van der Waals surface area contributed by atoms with E-state index in [9.17, 15) is 4.79 Å². The largest absolute Gasteiger partial charge is 0.379 e. The van der Waals surface area contributed by atoms with E-state index in [0.29, 0.717) is 12.1 Å². The Bertz CT molecular complexity index is 743. The summed E-state index contributed by atoms with van der Waals surface area (Å²) in [5.74, 6) is 0. The topological polar surface area (TPSA) is 83.7 Å². The van der Waals surface area contributed by atoms with Gasteiger partial charge in [0.1, 0.15) is 11.0 Å². The van der Waals surface area contributed by atoms with E-state index in [2.05, 4.69) is 20.5 Å². The van der Waals surface area contributed by atoms with Gasteiger partial charge in [-0.25, -0.2) is 9.42 Å². The molecule has 1 N–H and O–H groups in total. The van der Waals surface area contributed by atoms with Crippen LogP contribution in [-0.4, -0.2) is 71.6 Å². The average Bonchev–Trinajstić information content (AvgIpc) is 3.15. The molecule has 2 fully saturated rings. The second-order valence-electron chi connectivity index (χ2n) is 7.00. The van der Waals surface area contributed by atoms with Crippen molar-refractivity contribution in [3.05, 3.63) is 23.8 Å². The first-order valence-corrected chi connectivity index (χ1v) is 9.35. The van der Waals surface area contributed by atoms with E-state index in [0.717, 1.165) is 63.3 Å². The molecule has 8 heteroatoms. The summed E-state index contributed by atoms with van der Waals surface area (Å²) in [6.07, 6.45) is 3.33. The maximum absolute atomic E-state index is 12.8. The Morgan fingerprint density at radius 1 is 1.15 bits per heavy atom. The van der Waals surface area contributed by atoms with Crippen LogP contribution in [0.15, 0.2) is 22.8 Å². The molecule has 0 bridgehead atoms. The first kappa shape index (κ1) is 17.2. The predicted octanol–water partition coefficient (Wildman–Crippen LogP) is 1.62. The zero-order valence-corrected chi connectivity index (χ0v) is 14.9. The van der Waals surface area contributed by atoms with Crippen molar-refractivity contribution >= 4 is 17.1 Å². The van der Waals surface area contributed by atoms with Crippen LogP contribution >= 0.6 is 0 Å². The van der Waals surface area contributed by atoms with E-state index in [-0.39, 0.29) is 12.1 Å². The van der Waals surface area contributed by atoms with Gasteiger partial charge in [0.2, 0.25) is 0 Å². The van der Waals surface area contributed by atoms with Crippen molar-refractivity contribution in [3.63, 3.8) is 0 Å². The fraction of sp³-hybridized carbons (Fsp3) is 0.611. The number of likely N-dealkylation sites (tertiary alicyclic amines) is 1. The number of ether oxygens (including phenoxy) is 1. The van der Waals surface area contributed by atoms with Gasteiger partial charge < -0.3 is 15.0 Å². The first-order valence-electron chi connectivity index (χ1n) is 9.35. The highest BCUT2D eigenvalue weighted by Gasteiger charge is 2.28. The number of hydrogen-bond acceptors (Lipinski definition) is 6. The van der Waals surface area contributed by atoms with E-state index in [1.807, 2.05) is 23.1 Å². The molecule has 1 aromatic heterocycles. The number of fused-ring (bicyclic) bond motifs is 1. The zero-order valence-electron chi connectivity index (χ0n) is 14.9. The van der Waals surface area contributed by atoms with E-state index in [1.165, 1.54) is 6.42 Å². The smallest absolute Gasteiger partial charge is 0.317 e. The highest BCUT2D eigenvalue weighted by Crippen LogP contribution is 2.19. The summed E-state index contributed by atoms with van der Waals surface area (Å²) in [5.41, 5.74) is 2.42. The van der Waals surface area contributed by atoms with Crippen molar-refractivity contribution < 1.29 is 14.2 Å². The fourth-order valence-corrected chi connectivity index (χ4v) is 3.76. The molecule has 2 aliphatic rings. The van der Waals surface area contributed by atoms with Crippen LogP contribution in [0.5, 0.6) is 0 Å². The Hall–Kier alpha value is -2.19. The molecule has 2 aromatic rings. The molecule has 0 spiro atoms. The predicted molar refractivity (Wildman–Crippen MR) is 95.6 cm³/mol. The Balaban J connectivity index is 1.35. The second kappa shape index (κ2) is 8.01. The molecule has 26 heavy (non-hydrogen) atoms. The van der Waals surface area contributed by atoms with Crippen molar-refractivity contribution in [1.29, 1.82) is 0 Å². The van der Waals surface area contributed by atoms with Crippen molar-refractivity contribution in [1.82, 2.24) is 25.4 Å². The molecule has 0 saturated carbocycles. The highest BCUT2D eigenvalue weighted by molar-refractivity contribution is 5.76. The number of carbonyl (C=O) groups is 1. The van der Waals surface area contributed by atoms with Crippen molar-refractivity contribution in [2.75, 3.05) is 39.4 Å². The number of morpholine rings is 1. The van der Waals surface area contributed by atoms with Gasteiger partial charge in [-0.15, -0.1) is 0 Å². The van der Waals surface area contributed by atoms with Gasteiger partial charge in [-0.3, -0.25) is 4.90 Å². The lowest BCUT2D eigenvalue weighted by Crippen LogP contribution is -2.53. The van der Waals surface area contributed by atoms with Gasteiger partial charge >= 0.3 is 6.03 Å². The third kappa shape index (κ3) is 3.96. The molecule has 0 unspecified atom stereocenters. The normalized spacial score (nSPS) is 21.8. The molecule has 3 heterocycles. The number of nitrogens with zero attached hydrogens (tertiary/aromatic N) is 4. The van der Waals surface area contributed by atoms with E-state index >= 15 is 0 Å². The molecule has 140 valence electrons. The van der Waals surface area contributed by atoms with Crippen LogP contribution in [-0.2, 0) is 11.3 Å². The molecule has 8 nitrogen and oxygen atoms in total. The van der Waals surface area contributed by atoms with Gasteiger partial charge in [-0.05, 0) is 47.3 Å². The monoisotopic (exact) mass is 359 g/mol. The van der Waals surface area contributed by atoms with Gasteiger partial charge in [0, 0.05) is 38.8 Å². The molecule has 0 aliphatic carbocycles. The summed E-state index contributed by atoms with van der Waals surface area (Å²) < 4.78 is 10.1. The Morgan fingerprint density at radius 3 is 2.88 bits per heavy atom. The Labute approximate surface area is 152 Å². The number of rotatable bonds is 4. The van der Waals surface area contributed by atoms with Crippen molar-refractivity contribution in [2.45, 2.75) is 31.8 Å². The lowest BCUT2D eigenvalue weighted by atomic mass is 10.0. The number of amides is 2. The van der Waals surface area contributed by atoms with Gasteiger partial charge in [0.25, 0.3) is 0 Å². The lowest BCUT2D eigenvalue weighted by Gasteiger charge is -2.39. The summed E-state index contributed by atoms with van der Waals surface area (Å²) in [5, 5.41) is 10.7. The van der Waals surface area contributed by atoms with Crippen LogP contribution in [0.3, 0.4) is 0 Å². The van der Waals surface area contributed by atoms with E-state index < -0.39 is 0 Å². The van der Waals surface area contributed by atoms with E-state index in [4.69, 9.17) is 9.37 Å². The van der Waals surface area contributed by atoms with Crippen molar-refractivity contribution in [3.8, 4) is 0 Å². The highest BCUT2D eigenvalue weighted by atomic mass is 16.6. The van der Waals surface area contributed by atoms with Crippen LogP contribution in [0.4, 0.5) is 4.79 Å². The zero-order chi connectivity index (χ0) is 17.8. The van der Waals surface area contributed by atoms with Crippen LogP contribution in [0, 0.1) is 0 Å². The van der Waals surface area contributed by atoms with Crippen molar-refractivity contribution in [2.24, 2.45) is 0 Å². The van der Waals surface area contributed by atoms with Gasteiger partial charge in [0.15, 0.2) is 0 Å². The summed E-state index contributed by atoms with van der Waals surface area (Å²) in [4.78, 5) is 17.2. The number of nitrogens with one attached hydrogen (secondary N) is 1. The SMILES string of the molecule is O=C(NCc1ccc2nonc2c1)N1CCCC[C@@H]1CN1CCOCC1. The first-order chi connectivity index (χ1) is 12.8. The number of urea groups is 1. The Kier molecular flexibility index (Phi) is 5.31. The van der Waals surface area contributed by atoms with Gasteiger partial charge in [0.05, 0.1) is 13.2 Å². The third-order valence-corrected chi connectivity index (χ3v) is 5.22. The van der Waals surface area contributed by atoms with E-state index in [1.54, 1.807) is 0 Å². The number of hydrogen-bond donors (Lipinski definition) is 1. The maximum Gasteiger partial charge on any atom is 0.317 e. The molecule has 1 atom stereocenters. The lowest BCUT2D eigenvalue weighted by molar-refractivity contribution is 0.0221. The maximum atomic E-state index is 12.8.